The Hall–Kier alpha value is -3.94. The van der Waals surface area contributed by atoms with Crippen LogP contribution in [0.4, 0.5) is 46.4 Å². The molecule has 0 atom stereocenters. The molecule has 1 aliphatic rings. The number of alkyl halides is 3. The van der Waals surface area contributed by atoms with E-state index in [1.807, 2.05) is 0 Å². The molecule has 1 aromatic heterocycles. The predicted molar refractivity (Wildman–Crippen MR) is 126 cm³/mol. The number of aromatic nitrogens is 2. The van der Waals surface area contributed by atoms with Crippen LogP contribution in [-0.4, -0.2) is 37.6 Å². The number of rotatable bonds is 7. The molecule has 4 rings (SSSR count). The number of fused-ring (bicyclic) bond motifs is 1. The highest BCUT2D eigenvalue weighted by Crippen LogP contribution is 2.35. The summed E-state index contributed by atoms with van der Waals surface area (Å²) in [6, 6.07) is 8.21. The van der Waals surface area contributed by atoms with E-state index < -0.39 is 33.4 Å². The van der Waals surface area contributed by atoms with Crippen LogP contribution in [0.25, 0.3) is 0 Å². The van der Waals surface area contributed by atoms with Crippen LogP contribution in [0.15, 0.2) is 42.6 Å². The minimum Gasteiger partial charge on any atom is -0.365 e. The predicted octanol–water partition coefficient (Wildman–Crippen LogP) is 3.88. The first-order chi connectivity index (χ1) is 16.8. The van der Waals surface area contributed by atoms with Gasteiger partial charge in [-0.05, 0) is 47.5 Å². The van der Waals surface area contributed by atoms with Crippen LogP contribution < -0.4 is 20.3 Å². The van der Waals surface area contributed by atoms with E-state index in [0.717, 1.165) is 22.7 Å². The van der Waals surface area contributed by atoms with Gasteiger partial charge >= 0.3 is 6.18 Å². The summed E-state index contributed by atoms with van der Waals surface area (Å²) in [4.78, 5) is 19.2. The highest BCUT2D eigenvalue weighted by atomic mass is 32.2. The fourth-order valence-electron chi connectivity index (χ4n) is 3.58. The number of carbonyl (C=O) groups excluding carboxylic acids is 1. The van der Waals surface area contributed by atoms with E-state index in [2.05, 4.69) is 25.9 Å². The number of halogens is 4. The summed E-state index contributed by atoms with van der Waals surface area (Å²) in [5.74, 6) is -1.61. The molecule has 0 saturated carbocycles. The first-order valence-electron chi connectivity index (χ1n) is 10.4. The Bertz CT molecular complexity index is 1450. The summed E-state index contributed by atoms with van der Waals surface area (Å²) in [6.45, 7) is -0.362. The van der Waals surface area contributed by atoms with E-state index in [1.54, 1.807) is 18.2 Å². The molecule has 9 nitrogen and oxygen atoms in total. The van der Waals surface area contributed by atoms with Gasteiger partial charge in [0, 0.05) is 31.2 Å². The van der Waals surface area contributed by atoms with Crippen LogP contribution in [0, 0.1) is 5.82 Å². The third-order valence-corrected chi connectivity index (χ3v) is 6.60. The lowest BCUT2D eigenvalue weighted by atomic mass is 10.1. The molecular formula is C22H20F4N6O3S. The largest absolute Gasteiger partial charge is 0.421 e. The molecule has 1 aliphatic heterocycles. The van der Waals surface area contributed by atoms with E-state index >= 15 is 0 Å². The highest BCUT2D eigenvalue weighted by molar-refractivity contribution is 7.92. The standard InChI is InChI=1S/C22H20F4N6O3S/c1-32(36(2,34)35)18-6-3-14(23)7-13(18)10-27-20-16(22(24,25)26)11-28-21(31-20)29-15-4-5-17-12(8-15)9-19(33)30-17/h3-8,11H,9-10H2,1-2H3,(H,30,33)(H2,27,28,29,31). The molecular weight excluding hydrogens is 504 g/mol. The van der Waals surface area contributed by atoms with Gasteiger partial charge in [-0.1, -0.05) is 0 Å². The van der Waals surface area contributed by atoms with Crippen LogP contribution in [0.1, 0.15) is 16.7 Å². The zero-order valence-electron chi connectivity index (χ0n) is 18.9. The quantitative estimate of drug-likeness (QED) is 0.402. The summed E-state index contributed by atoms with van der Waals surface area (Å²) < 4.78 is 79.5. The van der Waals surface area contributed by atoms with E-state index in [0.29, 0.717) is 23.1 Å². The molecule has 3 aromatic rings. The van der Waals surface area contributed by atoms with Crippen molar-refractivity contribution in [1.29, 1.82) is 0 Å². The average Bonchev–Trinajstić information content (AvgIpc) is 3.15. The normalized spacial score (nSPS) is 13.2. The minimum absolute atomic E-state index is 0.0914. The van der Waals surface area contributed by atoms with Crippen molar-refractivity contribution in [3.63, 3.8) is 0 Å². The monoisotopic (exact) mass is 524 g/mol. The van der Waals surface area contributed by atoms with Gasteiger partial charge in [0.1, 0.15) is 17.2 Å². The van der Waals surface area contributed by atoms with E-state index in [9.17, 15) is 30.8 Å². The van der Waals surface area contributed by atoms with Gasteiger partial charge in [-0.2, -0.15) is 18.2 Å². The Kier molecular flexibility index (Phi) is 6.47. The van der Waals surface area contributed by atoms with Gasteiger partial charge in [-0.3, -0.25) is 9.10 Å². The van der Waals surface area contributed by atoms with Crippen molar-refractivity contribution in [2.24, 2.45) is 0 Å². The summed E-state index contributed by atoms with van der Waals surface area (Å²) in [5, 5.41) is 8.02. The van der Waals surface area contributed by atoms with Gasteiger partial charge in [0.2, 0.25) is 21.9 Å². The van der Waals surface area contributed by atoms with Gasteiger partial charge in [0.15, 0.2) is 0 Å². The fourth-order valence-corrected chi connectivity index (χ4v) is 4.12. The van der Waals surface area contributed by atoms with Crippen molar-refractivity contribution in [2.45, 2.75) is 19.1 Å². The first kappa shape index (κ1) is 25.2. The number of nitrogens with one attached hydrogen (secondary N) is 3. The van der Waals surface area contributed by atoms with E-state index in [-0.39, 0.29) is 36.1 Å². The lowest BCUT2D eigenvalue weighted by molar-refractivity contribution is -0.137. The molecule has 0 unspecified atom stereocenters. The van der Waals surface area contributed by atoms with Crippen molar-refractivity contribution in [2.75, 3.05) is 33.6 Å². The molecule has 0 spiro atoms. The zero-order chi connectivity index (χ0) is 26.3. The maximum atomic E-state index is 13.9. The Morgan fingerprint density at radius 2 is 1.92 bits per heavy atom. The second-order valence-electron chi connectivity index (χ2n) is 8.03. The van der Waals surface area contributed by atoms with E-state index in [1.165, 1.54) is 13.1 Å². The molecule has 1 amide bonds. The van der Waals surface area contributed by atoms with E-state index in [4.69, 9.17) is 0 Å². The lowest BCUT2D eigenvalue weighted by Crippen LogP contribution is -2.26. The van der Waals surface area contributed by atoms with Crippen molar-refractivity contribution in [1.82, 2.24) is 9.97 Å². The number of hydrogen-bond acceptors (Lipinski definition) is 7. The molecule has 14 heteroatoms. The number of anilines is 5. The molecule has 2 aromatic carbocycles. The van der Waals surface area contributed by atoms with Gasteiger partial charge in [0.25, 0.3) is 0 Å². The minimum atomic E-state index is -4.80. The van der Waals surface area contributed by atoms with Gasteiger partial charge < -0.3 is 16.0 Å². The molecule has 0 aliphatic carbocycles. The van der Waals surface area contributed by atoms with Crippen LogP contribution in [0.3, 0.4) is 0 Å². The molecule has 190 valence electrons. The maximum Gasteiger partial charge on any atom is 0.421 e. The number of sulfonamides is 1. The highest BCUT2D eigenvalue weighted by Gasteiger charge is 2.35. The fraction of sp³-hybridized carbons (Fsp3) is 0.227. The average molecular weight is 525 g/mol. The van der Waals surface area contributed by atoms with Crippen molar-refractivity contribution in [3.8, 4) is 0 Å². The molecule has 0 fully saturated rings. The van der Waals surface area contributed by atoms with Crippen LogP contribution in [0.5, 0.6) is 0 Å². The second kappa shape index (κ2) is 9.26. The smallest absolute Gasteiger partial charge is 0.365 e. The zero-order valence-corrected chi connectivity index (χ0v) is 19.8. The van der Waals surface area contributed by atoms with Gasteiger partial charge in [0.05, 0.1) is 18.4 Å². The maximum absolute atomic E-state index is 13.9. The molecule has 0 saturated heterocycles. The summed E-state index contributed by atoms with van der Waals surface area (Å²) in [6.07, 6.45) is -3.08. The Morgan fingerprint density at radius 1 is 1.17 bits per heavy atom. The molecule has 3 N–H and O–H groups in total. The SMILES string of the molecule is CN(c1ccc(F)cc1CNc1nc(Nc2ccc3c(c2)CC(=O)N3)ncc1C(F)(F)F)S(C)(=O)=O. The molecule has 0 radical (unpaired) electrons. The first-order valence-corrected chi connectivity index (χ1v) is 12.3. The van der Waals surface area contributed by atoms with Gasteiger partial charge in [-0.25, -0.2) is 17.8 Å². The number of benzene rings is 2. The van der Waals surface area contributed by atoms with Crippen molar-refractivity contribution in [3.05, 3.63) is 65.1 Å². The van der Waals surface area contributed by atoms with Crippen molar-refractivity contribution >= 4 is 44.8 Å². The number of nitrogens with zero attached hydrogens (tertiary/aromatic N) is 3. The van der Waals surface area contributed by atoms with Crippen LogP contribution >= 0.6 is 0 Å². The third-order valence-electron chi connectivity index (χ3n) is 5.41. The lowest BCUT2D eigenvalue weighted by Gasteiger charge is -2.21. The summed E-state index contributed by atoms with van der Waals surface area (Å²) in [7, 11) is -2.46. The number of amides is 1. The number of carbonyl (C=O) groups is 1. The van der Waals surface area contributed by atoms with Crippen molar-refractivity contribution < 1.29 is 30.8 Å². The second-order valence-corrected chi connectivity index (χ2v) is 10.0. The summed E-state index contributed by atoms with van der Waals surface area (Å²) in [5.41, 5.74) is 0.841. The Labute approximate surface area is 203 Å². The van der Waals surface area contributed by atoms with Crippen LogP contribution in [-0.2, 0) is 34.0 Å². The summed E-state index contributed by atoms with van der Waals surface area (Å²) >= 11 is 0. The topological polar surface area (TPSA) is 116 Å². The third kappa shape index (κ3) is 5.48. The van der Waals surface area contributed by atoms with Gasteiger partial charge in [-0.15, -0.1) is 0 Å². The molecule has 2 heterocycles. The Balaban J connectivity index is 1.63. The molecule has 0 bridgehead atoms. The molecule has 36 heavy (non-hydrogen) atoms. The number of hydrogen-bond donors (Lipinski definition) is 3. The van der Waals surface area contributed by atoms with Crippen LogP contribution in [0.2, 0.25) is 0 Å². The Morgan fingerprint density at radius 3 is 2.61 bits per heavy atom.